The van der Waals surface area contributed by atoms with Crippen LogP contribution in [0.4, 0.5) is 5.13 Å². The molecule has 0 saturated carbocycles. The maximum Gasteiger partial charge on any atom is 0.257 e. The minimum Gasteiger partial charge on any atom is -0.298 e. The number of aromatic nitrogens is 1. The molecule has 6 nitrogen and oxygen atoms in total. The van der Waals surface area contributed by atoms with E-state index in [0.29, 0.717) is 29.7 Å². The van der Waals surface area contributed by atoms with Crippen molar-refractivity contribution in [3.05, 3.63) is 75.8 Å². The second-order valence-corrected chi connectivity index (χ2v) is 10.5. The molecule has 2 heterocycles. The molecular weight excluding hydrogens is 442 g/mol. The third-order valence-corrected chi connectivity index (χ3v) is 8.07. The Labute approximate surface area is 184 Å². The van der Waals surface area contributed by atoms with Crippen LogP contribution in [0.5, 0.6) is 0 Å². The van der Waals surface area contributed by atoms with Gasteiger partial charge in [0.05, 0.1) is 4.90 Å². The lowest BCUT2D eigenvalue weighted by Crippen LogP contribution is -2.28. The summed E-state index contributed by atoms with van der Waals surface area (Å²) in [6.07, 6.45) is 4.05. The van der Waals surface area contributed by atoms with E-state index in [-0.39, 0.29) is 10.5 Å². The van der Waals surface area contributed by atoms with Gasteiger partial charge < -0.3 is 0 Å². The fourth-order valence-corrected chi connectivity index (χ4v) is 5.92. The molecule has 1 amide bonds. The topological polar surface area (TPSA) is 79.4 Å². The van der Waals surface area contributed by atoms with Crippen molar-refractivity contribution in [3.8, 4) is 0 Å². The van der Waals surface area contributed by atoms with Crippen LogP contribution in [0.1, 0.15) is 33.6 Å². The van der Waals surface area contributed by atoms with E-state index in [1.165, 1.54) is 27.8 Å². The molecule has 1 aromatic heterocycles. The first-order valence-electron chi connectivity index (χ1n) is 9.53. The number of amides is 1. The summed E-state index contributed by atoms with van der Waals surface area (Å²) in [4.78, 5) is 18.0. The molecule has 156 valence electrons. The predicted octanol–water partition coefficient (Wildman–Crippen LogP) is 4.42. The number of rotatable bonds is 6. The molecule has 0 radical (unpaired) electrons. The van der Waals surface area contributed by atoms with Gasteiger partial charge in [-0.1, -0.05) is 35.9 Å². The zero-order valence-electron chi connectivity index (χ0n) is 16.0. The van der Waals surface area contributed by atoms with Crippen molar-refractivity contribution in [1.82, 2.24) is 9.29 Å². The molecule has 0 atom stereocenters. The molecule has 9 heteroatoms. The summed E-state index contributed by atoms with van der Waals surface area (Å²) in [5.74, 6) is -0.396. The first kappa shape index (κ1) is 21.0. The molecule has 1 aliphatic heterocycles. The highest BCUT2D eigenvalue weighted by Gasteiger charge is 2.27. The lowest BCUT2D eigenvalue weighted by Gasteiger charge is -2.15. The largest absolute Gasteiger partial charge is 0.298 e. The van der Waals surface area contributed by atoms with Crippen LogP contribution in [-0.2, 0) is 16.4 Å². The van der Waals surface area contributed by atoms with Crippen LogP contribution >= 0.6 is 22.9 Å². The van der Waals surface area contributed by atoms with Crippen LogP contribution in [-0.4, -0.2) is 36.7 Å². The van der Waals surface area contributed by atoms with E-state index in [2.05, 4.69) is 10.3 Å². The van der Waals surface area contributed by atoms with Gasteiger partial charge in [-0.15, -0.1) is 11.3 Å². The maximum atomic E-state index is 12.7. The van der Waals surface area contributed by atoms with Gasteiger partial charge in [0.1, 0.15) is 0 Å². The highest BCUT2D eigenvalue weighted by molar-refractivity contribution is 7.89. The molecule has 0 bridgehead atoms. The number of hydrogen-bond donors (Lipinski definition) is 1. The number of carbonyl (C=O) groups is 1. The molecule has 2 aromatic carbocycles. The van der Waals surface area contributed by atoms with Crippen molar-refractivity contribution < 1.29 is 13.2 Å². The van der Waals surface area contributed by atoms with Crippen molar-refractivity contribution in [2.75, 3.05) is 18.4 Å². The zero-order valence-corrected chi connectivity index (χ0v) is 18.4. The lowest BCUT2D eigenvalue weighted by molar-refractivity contribution is 0.102. The molecule has 0 spiro atoms. The minimum absolute atomic E-state index is 0.135. The van der Waals surface area contributed by atoms with Crippen LogP contribution in [0.2, 0.25) is 5.02 Å². The number of halogens is 1. The first-order chi connectivity index (χ1) is 14.4. The van der Waals surface area contributed by atoms with E-state index in [9.17, 15) is 13.2 Å². The summed E-state index contributed by atoms with van der Waals surface area (Å²) >= 11 is 7.57. The summed E-state index contributed by atoms with van der Waals surface area (Å²) in [6.45, 7) is 1.04. The van der Waals surface area contributed by atoms with Gasteiger partial charge in [-0.05, 0) is 42.7 Å². The molecular formula is C21H20ClN3O3S2. The number of thiazole rings is 1. The summed E-state index contributed by atoms with van der Waals surface area (Å²) in [7, 11) is -3.57. The summed E-state index contributed by atoms with van der Waals surface area (Å²) in [5, 5.41) is 3.90. The van der Waals surface area contributed by atoms with E-state index in [4.69, 9.17) is 11.6 Å². The van der Waals surface area contributed by atoms with E-state index >= 15 is 0 Å². The van der Waals surface area contributed by atoms with Gasteiger partial charge in [-0.3, -0.25) is 10.1 Å². The van der Waals surface area contributed by atoms with Crippen LogP contribution in [0.3, 0.4) is 0 Å². The fourth-order valence-electron chi connectivity index (χ4n) is 3.32. The van der Waals surface area contributed by atoms with Gasteiger partial charge in [0.25, 0.3) is 5.91 Å². The van der Waals surface area contributed by atoms with E-state index < -0.39 is 15.9 Å². The number of hydrogen-bond acceptors (Lipinski definition) is 5. The van der Waals surface area contributed by atoms with Crippen molar-refractivity contribution in [3.63, 3.8) is 0 Å². The highest BCUT2D eigenvalue weighted by atomic mass is 35.5. The summed E-state index contributed by atoms with van der Waals surface area (Å²) in [5.41, 5.74) is 1.26. The smallest absolute Gasteiger partial charge is 0.257 e. The Hall–Kier alpha value is -2.26. The molecule has 0 aliphatic carbocycles. The van der Waals surface area contributed by atoms with Crippen molar-refractivity contribution in [2.24, 2.45) is 0 Å². The first-order valence-corrected chi connectivity index (χ1v) is 12.2. The summed E-state index contributed by atoms with van der Waals surface area (Å²) in [6, 6.07) is 13.7. The van der Waals surface area contributed by atoms with Crippen molar-refractivity contribution in [2.45, 2.75) is 24.2 Å². The molecule has 30 heavy (non-hydrogen) atoms. The van der Waals surface area contributed by atoms with E-state index in [0.717, 1.165) is 23.3 Å². The Bertz CT molecular complexity index is 1170. The molecule has 1 saturated heterocycles. The average Bonchev–Trinajstić information content (AvgIpc) is 3.43. The van der Waals surface area contributed by atoms with Gasteiger partial charge in [0.15, 0.2) is 5.13 Å². The number of benzene rings is 2. The molecule has 1 aliphatic rings. The van der Waals surface area contributed by atoms with Crippen molar-refractivity contribution in [1.29, 1.82) is 0 Å². The predicted molar refractivity (Wildman–Crippen MR) is 119 cm³/mol. The van der Waals surface area contributed by atoms with Crippen LogP contribution in [0, 0.1) is 0 Å². The number of nitrogens with zero attached hydrogens (tertiary/aromatic N) is 2. The monoisotopic (exact) mass is 461 g/mol. The van der Waals surface area contributed by atoms with Gasteiger partial charge in [0, 0.05) is 41.2 Å². The lowest BCUT2D eigenvalue weighted by atomic mass is 10.1. The third kappa shape index (κ3) is 4.57. The Morgan fingerprint density at radius 2 is 1.90 bits per heavy atom. The molecule has 3 aromatic rings. The van der Waals surface area contributed by atoms with Crippen molar-refractivity contribution >= 4 is 44.0 Å². The highest BCUT2D eigenvalue weighted by Crippen LogP contribution is 2.26. The van der Waals surface area contributed by atoms with Gasteiger partial charge in [-0.25, -0.2) is 13.4 Å². The SMILES string of the molecule is O=C(Nc1ncc(Cc2ccccc2Cl)s1)c1cccc(S(=O)(=O)N2CCCC2)c1. The van der Waals surface area contributed by atoms with Gasteiger partial charge in [-0.2, -0.15) is 4.31 Å². The standard InChI is InChI=1S/C21H20ClN3O3S2/c22-19-9-2-1-6-15(19)12-17-14-23-21(29-17)24-20(26)16-7-5-8-18(13-16)30(27,28)25-10-3-4-11-25/h1-2,5-9,13-14H,3-4,10-12H2,(H,23,24,26). The maximum absolute atomic E-state index is 12.7. The fraction of sp³-hybridized carbons (Fsp3) is 0.238. The average molecular weight is 462 g/mol. The number of nitrogens with one attached hydrogen (secondary N) is 1. The van der Waals surface area contributed by atoms with Gasteiger partial charge >= 0.3 is 0 Å². The Balaban J connectivity index is 1.47. The number of anilines is 1. The summed E-state index contributed by atoms with van der Waals surface area (Å²) < 4.78 is 27.0. The Morgan fingerprint density at radius 1 is 1.13 bits per heavy atom. The number of carbonyl (C=O) groups excluding carboxylic acids is 1. The molecule has 4 rings (SSSR count). The number of sulfonamides is 1. The Morgan fingerprint density at radius 3 is 2.67 bits per heavy atom. The molecule has 1 N–H and O–H groups in total. The second-order valence-electron chi connectivity index (χ2n) is 6.99. The molecule has 0 unspecified atom stereocenters. The minimum atomic E-state index is -3.57. The van der Waals surface area contributed by atoms with Crippen LogP contribution in [0.25, 0.3) is 0 Å². The van der Waals surface area contributed by atoms with Crippen LogP contribution < -0.4 is 5.32 Å². The van der Waals surface area contributed by atoms with E-state index in [1.807, 2.05) is 24.3 Å². The zero-order chi connectivity index (χ0) is 21.1. The Kier molecular flexibility index (Phi) is 6.19. The third-order valence-electron chi connectivity index (χ3n) is 4.90. The normalized spacial score (nSPS) is 14.7. The molecule has 1 fully saturated rings. The second kappa shape index (κ2) is 8.85. The van der Waals surface area contributed by atoms with Crippen LogP contribution in [0.15, 0.2) is 59.6 Å². The van der Waals surface area contributed by atoms with Gasteiger partial charge in [0.2, 0.25) is 10.0 Å². The van der Waals surface area contributed by atoms with E-state index in [1.54, 1.807) is 18.3 Å². The quantitative estimate of drug-likeness (QED) is 0.589.